The van der Waals surface area contributed by atoms with E-state index in [9.17, 15) is 4.79 Å². The zero-order chi connectivity index (χ0) is 14.9. The lowest BCUT2D eigenvalue weighted by Gasteiger charge is -2.46. The van der Waals surface area contributed by atoms with Gasteiger partial charge in [-0.05, 0) is 53.5 Å². The smallest absolute Gasteiger partial charge is 0.224 e. The molecule has 4 unspecified atom stereocenters. The van der Waals surface area contributed by atoms with E-state index in [-0.39, 0.29) is 29.3 Å². The van der Waals surface area contributed by atoms with Crippen molar-refractivity contribution >= 4 is 17.2 Å². The van der Waals surface area contributed by atoms with Crippen LogP contribution in [0.15, 0.2) is 16.8 Å². The van der Waals surface area contributed by atoms with Crippen molar-refractivity contribution in [1.29, 1.82) is 0 Å². The molecule has 0 saturated heterocycles. The largest absolute Gasteiger partial charge is 0.349 e. The van der Waals surface area contributed by atoms with Gasteiger partial charge in [-0.3, -0.25) is 4.79 Å². The van der Waals surface area contributed by atoms with Crippen molar-refractivity contribution in [2.45, 2.75) is 52.6 Å². The van der Waals surface area contributed by atoms with Crippen LogP contribution in [0.3, 0.4) is 0 Å². The van der Waals surface area contributed by atoms with Gasteiger partial charge in [0.1, 0.15) is 0 Å². The van der Waals surface area contributed by atoms with Crippen molar-refractivity contribution in [2.75, 3.05) is 0 Å². The molecule has 0 spiro atoms. The van der Waals surface area contributed by atoms with Crippen LogP contribution < -0.4 is 11.1 Å². The molecule has 1 fully saturated rings. The van der Waals surface area contributed by atoms with Gasteiger partial charge in [0.25, 0.3) is 0 Å². The van der Waals surface area contributed by atoms with E-state index in [1.54, 1.807) is 11.3 Å². The number of hydrogen-bond donors (Lipinski definition) is 2. The van der Waals surface area contributed by atoms with Crippen LogP contribution in [0.1, 0.15) is 52.1 Å². The minimum atomic E-state index is -0.0455. The Kier molecular flexibility index (Phi) is 4.55. The van der Waals surface area contributed by atoms with E-state index in [4.69, 9.17) is 5.73 Å². The Morgan fingerprint density at radius 2 is 2.20 bits per heavy atom. The highest BCUT2D eigenvalue weighted by atomic mass is 32.1. The van der Waals surface area contributed by atoms with E-state index in [0.29, 0.717) is 5.92 Å². The van der Waals surface area contributed by atoms with Gasteiger partial charge in [-0.25, -0.2) is 0 Å². The summed E-state index contributed by atoms with van der Waals surface area (Å²) in [5, 5.41) is 7.31. The van der Waals surface area contributed by atoms with Gasteiger partial charge in [0.05, 0.1) is 6.04 Å². The lowest BCUT2D eigenvalue weighted by atomic mass is 9.61. The maximum Gasteiger partial charge on any atom is 0.224 e. The molecule has 0 radical (unpaired) electrons. The molecular weight excluding hydrogens is 268 g/mol. The molecule has 3 nitrogen and oxygen atoms in total. The molecule has 2 rings (SSSR count). The third kappa shape index (κ3) is 2.91. The van der Waals surface area contributed by atoms with Crippen molar-refractivity contribution in [3.05, 3.63) is 22.4 Å². The Morgan fingerprint density at radius 3 is 2.80 bits per heavy atom. The van der Waals surface area contributed by atoms with E-state index in [1.165, 1.54) is 5.56 Å². The van der Waals surface area contributed by atoms with Crippen LogP contribution >= 0.6 is 11.3 Å². The number of nitrogens with one attached hydrogen (secondary N) is 1. The molecule has 0 aromatic carbocycles. The second-order valence-electron chi connectivity index (χ2n) is 6.69. The predicted octanol–water partition coefficient (Wildman–Crippen LogP) is 3.32. The zero-order valence-electron chi connectivity index (χ0n) is 12.8. The highest BCUT2D eigenvalue weighted by Crippen LogP contribution is 2.44. The number of hydrogen-bond acceptors (Lipinski definition) is 3. The summed E-state index contributed by atoms with van der Waals surface area (Å²) in [5.74, 6) is 0.592. The maximum atomic E-state index is 12.6. The zero-order valence-corrected chi connectivity index (χ0v) is 13.7. The fourth-order valence-electron chi connectivity index (χ4n) is 3.24. The third-order valence-electron chi connectivity index (χ3n) is 5.22. The molecular formula is C16H26N2OS. The Hall–Kier alpha value is -0.870. The quantitative estimate of drug-likeness (QED) is 0.898. The van der Waals surface area contributed by atoms with Crippen molar-refractivity contribution in [3.8, 4) is 0 Å². The predicted molar refractivity (Wildman–Crippen MR) is 84.5 cm³/mol. The van der Waals surface area contributed by atoms with Gasteiger partial charge in [0.2, 0.25) is 5.91 Å². The molecule has 1 aliphatic rings. The second-order valence-corrected chi connectivity index (χ2v) is 7.47. The van der Waals surface area contributed by atoms with E-state index in [1.807, 2.05) is 12.3 Å². The summed E-state index contributed by atoms with van der Waals surface area (Å²) < 4.78 is 0. The van der Waals surface area contributed by atoms with Crippen molar-refractivity contribution in [3.63, 3.8) is 0 Å². The lowest BCUT2D eigenvalue weighted by Crippen LogP contribution is -2.51. The molecule has 1 aromatic rings. The van der Waals surface area contributed by atoms with E-state index < -0.39 is 0 Å². The van der Waals surface area contributed by atoms with Gasteiger partial charge in [0.15, 0.2) is 0 Å². The van der Waals surface area contributed by atoms with Gasteiger partial charge in [0, 0.05) is 12.0 Å². The molecule has 4 atom stereocenters. The highest BCUT2D eigenvalue weighted by molar-refractivity contribution is 7.07. The fourth-order valence-corrected chi connectivity index (χ4v) is 3.99. The standard InChI is InChI=1S/C16H26N2OS/c1-10-14(17)6-5-13(16(10,3)4)15(19)18-11(2)12-7-8-20-9-12/h7-11,13-14H,5-6,17H2,1-4H3,(H,18,19). The van der Waals surface area contributed by atoms with Crippen molar-refractivity contribution in [1.82, 2.24) is 5.32 Å². The van der Waals surface area contributed by atoms with Crippen LogP contribution in [0.2, 0.25) is 0 Å². The van der Waals surface area contributed by atoms with Crippen LogP contribution in [-0.4, -0.2) is 11.9 Å². The third-order valence-corrected chi connectivity index (χ3v) is 5.92. The molecule has 1 saturated carbocycles. The first-order chi connectivity index (χ1) is 9.34. The molecule has 0 aliphatic heterocycles. The Bertz CT molecular complexity index is 455. The molecule has 1 aliphatic carbocycles. The number of nitrogens with two attached hydrogens (primary N) is 1. The maximum absolute atomic E-state index is 12.6. The van der Waals surface area contributed by atoms with E-state index >= 15 is 0 Å². The number of carbonyl (C=O) groups is 1. The molecule has 1 amide bonds. The topological polar surface area (TPSA) is 55.1 Å². The number of amides is 1. The van der Waals surface area contributed by atoms with Crippen molar-refractivity contribution in [2.24, 2.45) is 23.0 Å². The van der Waals surface area contributed by atoms with Gasteiger partial charge in [-0.2, -0.15) is 11.3 Å². The second kappa shape index (κ2) is 5.86. The first-order valence-electron chi connectivity index (χ1n) is 7.42. The summed E-state index contributed by atoms with van der Waals surface area (Å²) in [7, 11) is 0. The fraction of sp³-hybridized carbons (Fsp3) is 0.688. The summed E-state index contributed by atoms with van der Waals surface area (Å²) in [6.07, 6.45) is 1.83. The molecule has 4 heteroatoms. The summed E-state index contributed by atoms with van der Waals surface area (Å²) in [5.41, 5.74) is 7.30. The normalized spacial score (nSPS) is 30.8. The minimum absolute atomic E-state index is 0.0455. The first kappa shape index (κ1) is 15.5. The summed E-state index contributed by atoms with van der Waals surface area (Å²) in [4.78, 5) is 12.6. The molecule has 3 N–H and O–H groups in total. The average molecular weight is 294 g/mol. The highest BCUT2D eigenvalue weighted by Gasteiger charge is 2.45. The Morgan fingerprint density at radius 1 is 1.50 bits per heavy atom. The van der Waals surface area contributed by atoms with Gasteiger partial charge < -0.3 is 11.1 Å². The summed E-state index contributed by atoms with van der Waals surface area (Å²) >= 11 is 1.66. The Balaban J connectivity index is 2.05. The summed E-state index contributed by atoms with van der Waals surface area (Å²) in [6, 6.07) is 2.36. The molecule has 20 heavy (non-hydrogen) atoms. The number of rotatable bonds is 3. The molecule has 0 bridgehead atoms. The minimum Gasteiger partial charge on any atom is -0.349 e. The number of thiophene rings is 1. The lowest BCUT2D eigenvalue weighted by molar-refractivity contribution is -0.133. The average Bonchev–Trinajstić information content (AvgIpc) is 2.89. The van der Waals surface area contributed by atoms with Crippen LogP contribution in [-0.2, 0) is 4.79 Å². The monoisotopic (exact) mass is 294 g/mol. The van der Waals surface area contributed by atoms with Crippen molar-refractivity contribution < 1.29 is 4.79 Å². The SMILES string of the molecule is CC(NC(=O)C1CCC(N)C(C)C1(C)C)c1ccsc1. The van der Waals surface area contributed by atoms with Gasteiger partial charge in [-0.15, -0.1) is 0 Å². The first-order valence-corrected chi connectivity index (χ1v) is 8.36. The molecule has 1 aromatic heterocycles. The Labute approximate surface area is 125 Å². The van der Waals surface area contributed by atoms with Crippen LogP contribution in [0.25, 0.3) is 0 Å². The van der Waals surface area contributed by atoms with Gasteiger partial charge >= 0.3 is 0 Å². The molecule has 112 valence electrons. The van der Waals surface area contributed by atoms with E-state index in [0.717, 1.165) is 12.8 Å². The summed E-state index contributed by atoms with van der Waals surface area (Å²) in [6.45, 7) is 8.57. The van der Waals surface area contributed by atoms with Crippen LogP contribution in [0.5, 0.6) is 0 Å². The number of carbonyl (C=O) groups excluding carboxylic acids is 1. The van der Waals surface area contributed by atoms with Crippen LogP contribution in [0.4, 0.5) is 0 Å². The molecule has 1 heterocycles. The van der Waals surface area contributed by atoms with Gasteiger partial charge in [-0.1, -0.05) is 20.8 Å². The van der Waals surface area contributed by atoms with Crippen LogP contribution in [0, 0.1) is 17.3 Å². The van der Waals surface area contributed by atoms with E-state index in [2.05, 4.69) is 37.5 Å².